The molecule has 1 aliphatic rings. The van der Waals surface area contributed by atoms with Gasteiger partial charge in [0.1, 0.15) is 5.60 Å². The molecule has 0 aliphatic carbocycles. The van der Waals surface area contributed by atoms with E-state index in [1.807, 2.05) is 24.3 Å². The van der Waals surface area contributed by atoms with Crippen LogP contribution in [0.4, 0.5) is 10.5 Å². The molecule has 0 radical (unpaired) electrons. The van der Waals surface area contributed by atoms with E-state index >= 15 is 0 Å². The second-order valence-corrected chi connectivity index (χ2v) is 7.53. The number of alkyl carbamates (subject to hydrolysis) is 1. The molecule has 1 atom stereocenters. The van der Waals surface area contributed by atoms with Crippen LogP contribution < -0.4 is 10.2 Å². The summed E-state index contributed by atoms with van der Waals surface area (Å²) in [6, 6.07) is 7.73. The lowest BCUT2D eigenvalue weighted by atomic mass is 10.2. The zero-order valence-electron chi connectivity index (χ0n) is 16.4. The van der Waals surface area contributed by atoms with Crippen molar-refractivity contribution in [2.24, 2.45) is 0 Å². The molecule has 27 heavy (non-hydrogen) atoms. The molecule has 2 rings (SSSR count). The van der Waals surface area contributed by atoms with Gasteiger partial charge in [0.25, 0.3) is 5.91 Å². The number of ether oxygens (including phenoxy) is 2. The lowest BCUT2D eigenvalue weighted by Crippen LogP contribution is -2.39. The minimum atomic E-state index is -0.845. The van der Waals surface area contributed by atoms with Crippen LogP contribution in [0.25, 0.3) is 0 Å². The van der Waals surface area contributed by atoms with Gasteiger partial charge in [0.2, 0.25) is 0 Å². The van der Waals surface area contributed by atoms with E-state index in [9.17, 15) is 14.4 Å². The van der Waals surface area contributed by atoms with Gasteiger partial charge in [-0.15, -0.1) is 0 Å². The minimum Gasteiger partial charge on any atom is -0.453 e. The van der Waals surface area contributed by atoms with Crippen molar-refractivity contribution in [3.63, 3.8) is 0 Å². The van der Waals surface area contributed by atoms with Crippen molar-refractivity contribution < 1.29 is 23.9 Å². The Morgan fingerprint density at radius 3 is 2.63 bits per heavy atom. The van der Waals surface area contributed by atoms with Crippen LogP contribution in [0.5, 0.6) is 0 Å². The second-order valence-electron chi connectivity index (χ2n) is 7.53. The van der Waals surface area contributed by atoms with Gasteiger partial charge in [-0.05, 0) is 52.2 Å². The van der Waals surface area contributed by atoms with Gasteiger partial charge in [0.15, 0.2) is 6.10 Å². The normalized spacial score (nSPS) is 14.3. The van der Waals surface area contributed by atoms with Crippen molar-refractivity contribution in [3.8, 4) is 0 Å². The molecule has 7 heteroatoms. The number of carbonyl (C=O) groups is 3. The van der Waals surface area contributed by atoms with E-state index in [2.05, 4.69) is 5.32 Å². The number of hydrogen-bond donors (Lipinski definition) is 1. The number of anilines is 1. The number of hydrogen-bond acceptors (Lipinski definition) is 5. The van der Waals surface area contributed by atoms with E-state index in [0.29, 0.717) is 19.5 Å². The van der Waals surface area contributed by atoms with Crippen molar-refractivity contribution >= 4 is 23.7 Å². The van der Waals surface area contributed by atoms with Gasteiger partial charge in [-0.25, -0.2) is 4.79 Å². The fourth-order valence-corrected chi connectivity index (χ4v) is 2.83. The number of nitrogens with zero attached hydrogens (tertiary/aromatic N) is 1. The van der Waals surface area contributed by atoms with Crippen LogP contribution in [0, 0.1) is 0 Å². The predicted octanol–water partition coefficient (Wildman–Crippen LogP) is 2.81. The zero-order chi connectivity index (χ0) is 20.0. The maximum Gasteiger partial charge on any atom is 0.407 e. The highest BCUT2D eigenvalue weighted by atomic mass is 16.6. The van der Waals surface area contributed by atoms with Gasteiger partial charge < -0.3 is 19.7 Å². The summed E-state index contributed by atoms with van der Waals surface area (Å²) in [7, 11) is 0. The summed E-state index contributed by atoms with van der Waals surface area (Å²) in [5, 5.41) is 2.58. The van der Waals surface area contributed by atoms with Gasteiger partial charge in [0.05, 0.1) is 0 Å². The standard InChI is InChI=1S/C20H28N2O5/c1-14(18(24)22-13-11-15-8-5-6-9-16(15)22)26-17(23)10-7-12-21-19(25)27-20(2,3)4/h5-6,8-9,14H,7,10-13H2,1-4H3,(H,21,25)/t14-/m1/s1. The lowest BCUT2D eigenvalue weighted by molar-refractivity contribution is -0.153. The maximum atomic E-state index is 12.6. The lowest BCUT2D eigenvalue weighted by Gasteiger charge is -2.22. The molecule has 1 aliphatic heterocycles. The van der Waals surface area contributed by atoms with Gasteiger partial charge in [0, 0.05) is 25.2 Å². The Hall–Kier alpha value is -2.57. The fourth-order valence-electron chi connectivity index (χ4n) is 2.83. The van der Waals surface area contributed by atoms with Gasteiger partial charge in [-0.3, -0.25) is 9.59 Å². The Labute approximate surface area is 160 Å². The van der Waals surface area contributed by atoms with Gasteiger partial charge in [-0.1, -0.05) is 18.2 Å². The van der Waals surface area contributed by atoms with E-state index in [0.717, 1.165) is 17.7 Å². The average molecular weight is 376 g/mol. The monoisotopic (exact) mass is 376 g/mol. The largest absolute Gasteiger partial charge is 0.453 e. The van der Waals surface area contributed by atoms with Crippen LogP contribution in [0.2, 0.25) is 0 Å². The molecule has 1 N–H and O–H groups in total. The highest BCUT2D eigenvalue weighted by Gasteiger charge is 2.29. The van der Waals surface area contributed by atoms with Crippen LogP contribution in [-0.2, 0) is 25.5 Å². The molecule has 0 aromatic heterocycles. The quantitative estimate of drug-likeness (QED) is 0.610. The summed E-state index contributed by atoms with van der Waals surface area (Å²) >= 11 is 0. The number of esters is 1. The average Bonchev–Trinajstić information content (AvgIpc) is 3.00. The van der Waals surface area contributed by atoms with Gasteiger partial charge >= 0.3 is 12.1 Å². The van der Waals surface area contributed by atoms with Crippen molar-refractivity contribution in [2.45, 2.75) is 58.7 Å². The van der Waals surface area contributed by atoms with Gasteiger partial charge in [-0.2, -0.15) is 0 Å². The number of rotatable bonds is 6. The number of amides is 2. The van der Waals surface area contributed by atoms with Crippen molar-refractivity contribution in [3.05, 3.63) is 29.8 Å². The molecule has 7 nitrogen and oxygen atoms in total. The van der Waals surface area contributed by atoms with E-state index in [1.165, 1.54) is 0 Å². The Kier molecular flexibility index (Phi) is 6.82. The summed E-state index contributed by atoms with van der Waals surface area (Å²) in [6.45, 7) is 7.81. The topological polar surface area (TPSA) is 84.9 Å². The number of fused-ring (bicyclic) bond motifs is 1. The number of nitrogens with one attached hydrogen (secondary N) is 1. The van der Waals surface area contributed by atoms with E-state index in [-0.39, 0.29) is 12.3 Å². The number of benzene rings is 1. The Balaban J connectivity index is 1.71. The first-order chi connectivity index (χ1) is 12.7. The first kappa shape index (κ1) is 20.7. The number of para-hydroxylation sites is 1. The maximum absolute atomic E-state index is 12.6. The third-order valence-electron chi connectivity index (χ3n) is 4.04. The summed E-state index contributed by atoms with van der Waals surface area (Å²) in [4.78, 5) is 37.7. The molecule has 1 aromatic carbocycles. The second kappa shape index (κ2) is 8.88. The van der Waals surface area contributed by atoms with E-state index in [1.54, 1.807) is 32.6 Å². The smallest absolute Gasteiger partial charge is 0.407 e. The molecule has 0 saturated carbocycles. The summed E-state index contributed by atoms with van der Waals surface area (Å²) in [5.41, 5.74) is 1.44. The Morgan fingerprint density at radius 2 is 1.93 bits per heavy atom. The Morgan fingerprint density at radius 1 is 1.22 bits per heavy atom. The fraction of sp³-hybridized carbons (Fsp3) is 0.550. The van der Waals surface area contributed by atoms with Crippen LogP contribution >= 0.6 is 0 Å². The highest BCUT2D eigenvalue weighted by Crippen LogP contribution is 2.28. The molecule has 148 valence electrons. The molecule has 0 fully saturated rings. The first-order valence-corrected chi connectivity index (χ1v) is 9.23. The predicted molar refractivity (Wildman–Crippen MR) is 102 cm³/mol. The van der Waals surface area contributed by atoms with Crippen LogP contribution in [0.1, 0.15) is 46.1 Å². The molecular weight excluding hydrogens is 348 g/mol. The van der Waals surface area contributed by atoms with E-state index in [4.69, 9.17) is 9.47 Å². The molecular formula is C20H28N2O5. The molecule has 2 amide bonds. The third kappa shape index (κ3) is 6.27. The minimum absolute atomic E-state index is 0.115. The molecule has 1 aromatic rings. The van der Waals surface area contributed by atoms with Crippen LogP contribution in [0.15, 0.2) is 24.3 Å². The Bertz CT molecular complexity index is 696. The molecule has 0 spiro atoms. The van der Waals surface area contributed by atoms with Crippen molar-refractivity contribution in [2.75, 3.05) is 18.0 Å². The highest BCUT2D eigenvalue weighted by molar-refractivity contribution is 5.99. The summed E-state index contributed by atoms with van der Waals surface area (Å²) < 4.78 is 10.4. The number of carbonyl (C=O) groups excluding carboxylic acids is 3. The van der Waals surface area contributed by atoms with E-state index < -0.39 is 23.8 Å². The molecule has 1 heterocycles. The van der Waals surface area contributed by atoms with Crippen LogP contribution in [-0.4, -0.2) is 42.8 Å². The summed E-state index contributed by atoms with van der Waals surface area (Å²) in [6.07, 6.45) is -0.0383. The third-order valence-corrected chi connectivity index (χ3v) is 4.04. The molecule has 0 unspecified atom stereocenters. The molecule has 0 bridgehead atoms. The first-order valence-electron chi connectivity index (χ1n) is 9.23. The van der Waals surface area contributed by atoms with Crippen LogP contribution in [0.3, 0.4) is 0 Å². The SMILES string of the molecule is C[C@@H](OC(=O)CCCNC(=O)OC(C)(C)C)C(=O)N1CCc2ccccc21. The van der Waals surface area contributed by atoms with Crippen molar-refractivity contribution in [1.29, 1.82) is 0 Å². The van der Waals surface area contributed by atoms with Crippen molar-refractivity contribution in [1.82, 2.24) is 5.32 Å². The zero-order valence-corrected chi connectivity index (χ0v) is 16.4. The summed E-state index contributed by atoms with van der Waals surface area (Å²) in [5.74, 6) is -0.686. The molecule has 0 saturated heterocycles.